The van der Waals surface area contributed by atoms with Gasteiger partial charge in [0.1, 0.15) is 0 Å². The Hall–Kier alpha value is -10.9. The van der Waals surface area contributed by atoms with Crippen LogP contribution in [0.2, 0.25) is 0 Å². The van der Waals surface area contributed by atoms with Crippen molar-refractivity contribution in [2.24, 2.45) is 0 Å². The Bertz CT molecular complexity index is 4110. The summed E-state index contributed by atoms with van der Waals surface area (Å²) in [5, 5.41) is 54.4. The molecule has 0 bridgehead atoms. The summed E-state index contributed by atoms with van der Waals surface area (Å²) >= 11 is 0. The van der Waals surface area contributed by atoms with Gasteiger partial charge in [-0.2, -0.15) is 26.3 Å². The molecule has 3 aromatic heterocycles. The van der Waals surface area contributed by atoms with Gasteiger partial charge >= 0.3 is 0 Å². The van der Waals surface area contributed by atoms with Crippen LogP contribution in [-0.2, 0) is 0 Å². The molecule has 0 atom stereocenters. The van der Waals surface area contributed by atoms with E-state index >= 15 is 0 Å². The summed E-state index contributed by atoms with van der Waals surface area (Å²) < 4.78 is 4.40. The van der Waals surface area contributed by atoms with Crippen molar-refractivity contribution in [3.8, 4) is 97.9 Å². The first-order chi connectivity index (χ1) is 35.4. The molecule has 0 N–H and O–H groups in total. The fourth-order valence-corrected chi connectivity index (χ4v) is 10.0. The normalized spacial score (nSPS) is 11.0. The largest absolute Gasteiger partial charge is 0.308 e. The van der Waals surface area contributed by atoms with Crippen LogP contribution >= 0.6 is 0 Å². The quantitative estimate of drug-likeness (QED) is 0.154. The first-order valence-electron chi connectivity index (χ1n) is 23.0. The molecule has 12 rings (SSSR count). The number of hydrogen-bond acceptors (Lipinski definition) is 7. The second-order valence-corrected chi connectivity index (χ2v) is 17.4. The van der Waals surface area contributed by atoms with E-state index in [2.05, 4.69) is 88.0 Å². The second-order valence-electron chi connectivity index (χ2n) is 17.4. The molecular weight excluding hydrogens is 883 g/mol. The lowest BCUT2D eigenvalue weighted by molar-refractivity contribution is 1.11. The van der Waals surface area contributed by atoms with E-state index in [4.69, 9.17) is 9.97 Å². The van der Waals surface area contributed by atoms with Crippen LogP contribution in [0.3, 0.4) is 0 Å². The predicted octanol–water partition coefficient (Wildman–Crippen LogP) is 14.4. The monoisotopic (exact) mass is 915 g/mol. The second kappa shape index (κ2) is 17.3. The molecule has 0 aliphatic heterocycles. The molecule has 9 heteroatoms. The molecule has 0 saturated heterocycles. The maximum Gasteiger partial charge on any atom is 0.160 e. The number of aromatic nitrogens is 4. The van der Waals surface area contributed by atoms with Gasteiger partial charge in [-0.05, 0) is 113 Å². The van der Waals surface area contributed by atoms with E-state index in [0.29, 0.717) is 56.4 Å². The van der Waals surface area contributed by atoms with Gasteiger partial charge in [-0.15, -0.1) is 0 Å². The van der Waals surface area contributed by atoms with Gasteiger partial charge in [-0.1, -0.05) is 109 Å². The van der Waals surface area contributed by atoms with Gasteiger partial charge in [0.25, 0.3) is 0 Å². The maximum atomic E-state index is 11.1. The van der Waals surface area contributed by atoms with Crippen molar-refractivity contribution in [1.82, 2.24) is 19.1 Å². The molecule has 12 aromatic rings. The Morgan fingerprint density at radius 2 is 0.681 bits per heavy atom. The van der Waals surface area contributed by atoms with Crippen LogP contribution < -0.4 is 0 Å². The molecule has 3 heterocycles. The molecule has 0 unspecified atom stereocenters. The summed E-state index contributed by atoms with van der Waals surface area (Å²) in [6, 6.07) is 76.2. The van der Waals surface area contributed by atoms with E-state index in [9.17, 15) is 26.3 Å². The minimum Gasteiger partial charge on any atom is -0.308 e. The van der Waals surface area contributed by atoms with Crippen LogP contribution in [0.5, 0.6) is 0 Å². The third-order valence-electron chi connectivity index (χ3n) is 13.2. The lowest BCUT2D eigenvalue weighted by atomic mass is 9.98. The first-order valence-corrected chi connectivity index (χ1v) is 23.0. The van der Waals surface area contributed by atoms with Gasteiger partial charge < -0.3 is 9.13 Å². The van der Waals surface area contributed by atoms with Crippen LogP contribution in [0.1, 0.15) is 27.8 Å². The third kappa shape index (κ3) is 7.15. The molecule has 9 nitrogen and oxygen atoms in total. The van der Waals surface area contributed by atoms with E-state index in [1.807, 2.05) is 115 Å². The molecule has 0 saturated carbocycles. The van der Waals surface area contributed by atoms with Crippen LogP contribution in [0.4, 0.5) is 0 Å². The van der Waals surface area contributed by atoms with Crippen molar-refractivity contribution in [2.75, 3.05) is 0 Å². The highest BCUT2D eigenvalue weighted by atomic mass is 15.0. The van der Waals surface area contributed by atoms with Gasteiger partial charge in [0, 0.05) is 38.2 Å². The molecule has 0 radical (unpaired) electrons. The van der Waals surface area contributed by atoms with Crippen molar-refractivity contribution < 1.29 is 0 Å². The Kier molecular flexibility index (Phi) is 10.2. The maximum absolute atomic E-state index is 11.1. The molecule has 0 fully saturated rings. The van der Waals surface area contributed by atoms with Gasteiger partial charge in [0.2, 0.25) is 0 Å². The molecule has 0 aliphatic rings. The van der Waals surface area contributed by atoms with Crippen molar-refractivity contribution in [3.63, 3.8) is 0 Å². The van der Waals surface area contributed by atoms with E-state index < -0.39 is 0 Å². The number of hydrogen-bond donors (Lipinski definition) is 0. The summed E-state index contributed by atoms with van der Waals surface area (Å²) in [5.74, 6) is 0.527. The molecule has 0 amide bonds. The molecular formula is C63H33N9. The van der Waals surface area contributed by atoms with E-state index in [0.717, 1.165) is 82.6 Å². The SMILES string of the molecule is N#Cc1cc(C#N)cc(-c2ccc3c(c2)c2ccccc2n3-c2cc(C#N)cc(-n3c4ccccc4c4cc(-c5cc(C#N)cc(C#N)c5)ccc43)c2-c2cc(-c3ccccc3)nc(-c3ccccc3)n2)c1. The lowest BCUT2D eigenvalue weighted by Gasteiger charge is -2.21. The molecule has 9 aromatic carbocycles. The highest BCUT2D eigenvalue weighted by molar-refractivity contribution is 6.13. The minimum atomic E-state index is 0.397. The number of para-hydroxylation sites is 2. The van der Waals surface area contributed by atoms with Crippen LogP contribution in [0, 0.1) is 56.7 Å². The topological polar surface area (TPSA) is 155 Å². The average Bonchev–Trinajstić information content (AvgIpc) is 3.97. The number of nitrogens with zero attached hydrogens (tertiary/aromatic N) is 9. The lowest BCUT2D eigenvalue weighted by Crippen LogP contribution is -2.07. The zero-order chi connectivity index (χ0) is 48.9. The van der Waals surface area contributed by atoms with Gasteiger partial charge in [-0.25, -0.2) is 9.97 Å². The zero-order valence-corrected chi connectivity index (χ0v) is 38.1. The van der Waals surface area contributed by atoms with Crippen molar-refractivity contribution in [3.05, 3.63) is 228 Å². The molecule has 330 valence electrons. The molecule has 0 aliphatic carbocycles. The van der Waals surface area contributed by atoms with Crippen LogP contribution in [-0.4, -0.2) is 19.1 Å². The number of nitriles is 5. The van der Waals surface area contributed by atoms with Gasteiger partial charge in [-0.3, -0.25) is 0 Å². The summed E-state index contributed by atoms with van der Waals surface area (Å²) in [4.78, 5) is 10.6. The van der Waals surface area contributed by atoms with Crippen LogP contribution in [0.25, 0.3) is 111 Å². The average molecular weight is 916 g/mol. The number of rotatable bonds is 7. The third-order valence-corrected chi connectivity index (χ3v) is 13.2. The van der Waals surface area contributed by atoms with Crippen molar-refractivity contribution in [2.45, 2.75) is 0 Å². The van der Waals surface area contributed by atoms with Gasteiger partial charge in [0.15, 0.2) is 5.82 Å². The molecule has 72 heavy (non-hydrogen) atoms. The Morgan fingerprint density at radius 3 is 1.14 bits per heavy atom. The standard InChI is InChI=1S/C63H33N9/c64-34-39-23-40(35-65)26-48(25-39)46-19-21-58-52(31-46)50-15-7-9-17-56(50)71(58)60-29-43(38-68)30-61(62(60)55-33-54(44-11-3-1-4-12-44)69-63(70-55)45-13-5-2-6-14-45)72-57-18-10-8-16-51(57)53-32-47(20-22-59(53)72)49-27-41(36-66)24-42(28-49)37-67/h1-33H. The van der Waals surface area contributed by atoms with E-state index in [-0.39, 0.29) is 0 Å². The van der Waals surface area contributed by atoms with Gasteiger partial charge in [0.05, 0.1) is 103 Å². The fraction of sp³-hybridized carbons (Fsp3) is 0. The fourth-order valence-electron chi connectivity index (χ4n) is 10.0. The van der Waals surface area contributed by atoms with E-state index in [1.165, 1.54) is 0 Å². The van der Waals surface area contributed by atoms with Crippen molar-refractivity contribution >= 4 is 43.6 Å². The van der Waals surface area contributed by atoms with E-state index in [1.54, 1.807) is 36.4 Å². The van der Waals surface area contributed by atoms with Crippen LogP contribution in [0.15, 0.2) is 200 Å². The summed E-state index contributed by atoms with van der Waals surface area (Å²) in [5.41, 5.74) is 13.9. The zero-order valence-electron chi connectivity index (χ0n) is 38.1. The Balaban J connectivity index is 1.21. The predicted molar refractivity (Wildman–Crippen MR) is 281 cm³/mol. The first kappa shape index (κ1) is 42.5. The highest BCUT2D eigenvalue weighted by Crippen LogP contribution is 2.44. The minimum absolute atomic E-state index is 0.397. The Labute approximate surface area is 413 Å². The number of benzene rings is 9. The Morgan fingerprint density at radius 1 is 0.292 bits per heavy atom. The summed E-state index contributed by atoms with van der Waals surface area (Å²) in [6.45, 7) is 0. The van der Waals surface area contributed by atoms with Crippen molar-refractivity contribution in [1.29, 1.82) is 26.3 Å². The summed E-state index contributed by atoms with van der Waals surface area (Å²) in [6.07, 6.45) is 0. The number of fused-ring (bicyclic) bond motifs is 6. The summed E-state index contributed by atoms with van der Waals surface area (Å²) in [7, 11) is 0. The smallest absolute Gasteiger partial charge is 0.160 e. The molecule has 0 spiro atoms. The highest BCUT2D eigenvalue weighted by Gasteiger charge is 2.26.